The molecule has 0 aromatic carbocycles. The fourth-order valence-corrected chi connectivity index (χ4v) is 5.98. The Morgan fingerprint density at radius 1 is 1.27 bits per heavy atom. The summed E-state index contributed by atoms with van der Waals surface area (Å²) in [6.45, 7) is 9.13. The van der Waals surface area contributed by atoms with Crippen LogP contribution in [-0.4, -0.2) is 57.9 Å². The topological polar surface area (TPSA) is 67.2 Å². The molecule has 33 heavy (non-hydrogen) atoms. The van der Waals surface area contributed by atoms with Crippen molar-refractivity contribution in [2.24, 2.45) is 11.8 Å². The lowest BCUT2D eigenvalue weighted by Gasteiger charge is -2.36. The fraction of sp³-hybridized carbons (Fsp3) is 0.500. The maximum atomic E-state index is 13.6. The molecule has 2 atom stereocenters. The summed E-state index contributed by atoms with van der Waals surface area (Å²) in [6, 6.07) is 3.80. The summed E-state index contributed by atoms with van der Waals surface area (Å²) in [4.78, 5) is 36.0. The molecule has 4 rings (SSSR count). The Hall–Kier alpha value is -2.23. The van der Waals surface area contributed by atoms with Crippen molar-refractivity contribution in [2.75, 3.05) is 38.3 Å². The number of ether oxygens (including phenoxy) is 1. The lowest BCUT2D eigenvalue weighted by atomic mass is 9.91. The van der Waals surface area contributed by atoms with Gasteiger partial charge in [-0.3, -0.25) is 18.9 Å². The molecule has 2 aromatic heterocycles. The van der Waals surface area contributed by atoms with Crippen LogP contribution in [0.15, 0.2) is 28.0 Å². The van der Waals surface area contributed by atoms with Gasteiger partial charge < -0.3 is 9.64 Å². The minimum absolute atomic E-state index is 0.166. The van der Waals surface area contributed by atoms with Crippen molar-refractivity contribution in [3.63, 3.8) is 0 Å². The van der Waals surface area contributed by atoms with E-state index >= 15 is 0 Å². The maximum Gasteiger partial charge on any atom is 0.267 e. The molecule has 2 aromatic rings. The Labute approximate surface area is 203 Å². The van der Waals surface area contributed by atoms with E-state index in [-0.39, 0.29) is 11.5 Å². The van der Waals surface area contributed by atoms with Crippen LogP contribution in [0.3, 0.4) is 0 Å². The zero-order valence-electron chi connectivity index (χ0n) is 19.5. The van der Waals surface area contributed by atoms with Crippen LogP contribution in [0.2, 0.25) is 0 Å². The highest BCUT2D eigenvalue weighted by molar-refractivity contribution is 8.26. The number of carbonyl (C=O) groups is 1. The number of thioether (sulfide) groups is 1. The van der Waals surface area contributed by atoms with E-state index in [9.17, 15) is 9.59 Å². The molecule has 2 aliphatic rings. The number of thiocarbonyl (C=S) groups is 1. The third-order valence-electron chi connectivity index (χ3n) is 6.11. The molecule has 2 saturated heterocycles. The van der Waals surface area contributed by atoms with Gasteiger partial charge in [0.25, 0.3) is 11.5 Å². The van der Waals surface area contributed by atoms with Crippen molar-refractivity contribution in [3.05, 3.63) is 44.7 Å². The van der Waals surface area contributed by atoms with E-state index in [4.69, 9.17) is 21.9 Å². The van der Waals surface area contributed by atoms with Crippen LogP contribution >= 0.6 is 24.0 Å². The van der Waals surface area contributed by atoms with Crippen molar-refractivity contribution in [3.8, 4) is 0 Å². The Morgan fingerprint density at radius 2 is 2.00 bits per heavy atom. The van der Waals surface area contributed by atoms with E-state index in [1.54, 1.807) is 28.7 Å². The van der Waals surface area contributed by atoms with Gasteiger partial charge in [0.2, 0.25) is 0 Å². The van der Waals surface area contributed by atoms with Gasteiger partial charge in [0, 0.05) is 39.5 Å². The first kappa shape index (κ1) is 23.9. The zero-order valence-corrected chi connectivity index (χ0v) is 21.2. The van der Waals surface area contributed by atoms with Crippen molar-refractivity contribution >= 4 is 51.7 Å². The summed E-state index contributed by atoms with van der Waals surface area (Å²) in [7, 11) is 1.63. The monoisotopic (exact) mass is 486 g/mol. The van der Waals surface area contributed by atoms with Crippen LogP contribution in [0.1, 0.15) is 37.8 Å². The second-order valence-electron chi connectivity index (χ2n) is 9.07. The first-order valence-electron chi connectivity index (χ1n) is 11.3. The van der Waals surface area contributed by atoms with Crippen LogP contribution in [0.25, 0.3) is 11.7 Å². The Balaban J connectivity index is 1.81. The number of methoxy groups -OCH3 is 1. The molecule has 4 heterocycles. The number of aryl methyl sites for hydroxylation is 1. The highest BCUT2D eigenvalue weighted by Crippen LogP contribution is 2.34. The van der Waals surface area contributed by atoms with E-state index in [0.29, 0.717) is 57.7 Å². The van der Waals surface area contributed by atoms with E-state index < -0.39 is 0 Å². The van der Waals surface area contributed by atoms with Gasteiger partial charge in [0.1, 0.15) is 15.8 Å². The molecule has 2 aliphatic heterocycles. The average molecular weight is 487 g/mol. The number of rotatable bonds is 6. The standard InChI is InChI=1S/C24H30N4O3S2/c1-15-11-16(2)14-26(13-15)21-18(22(29)27-8-5-7-17(3)20(27)25-21)12-19-23(30)28(24(32)33-19)9-6-10-31-4/h5,7-8,12,15-16H,6,9-11,13-14H2,1-4H3/b19-12+. The SMILES string of the molecule is COCCCN1C(=O)/C(=C\c2c(N3CC(C)CC(C)C3)nc3c(C)cccn3c2=O)SC1=S. The smallest absolute Gasteiger partial charge is 0.267 e. The molecule has 0 N–H and O–H groups in total. The number of hydrogen-bond acceptors (Lipinski definition) is 7. The minimum Gasteiger partial charge on any atom is -0.385 e. The molecular weight excluding hydrogens is 456 g/mol. The second kappa shape index (κ2) is 9.95. The maximum absolute atomic E-state index is 13.6. The highest BCUT2D eigenvalue weighted by Gasteiger charge is 2.33. The summed E-state index contributed by atoms with van der Waals surface area (Å²) in [5, 5.41) is 0. The molecule has 176 valence electrons. The van der Waals surface area contributed by atoms with Gasteiger partial charge in [-0.1, -0.05) is 43.9 Å². The second-order valence-corrected chi connectivity index (χ2v) is 10.7. The number of fused-ring (bicyclic) bond motifs is 1. The number of piperidine rings is 1. The normalized spacial score (nSPS) is 22.7. The summed E-state index contributed by atoms with van der Waals surface area (Å²) < 4.78 is 7.18. The third kappa shape index (κ3) is 4.85. The lowest BCUT2D eigenvalue weighted by Crippen LogP contribution is -2.40. The van der Waals surface area contributed by atoms with E-state index in [2.05, 4.69) is 18.7 Å². The molecule has 7 nitrogen and oxygen atoms in total. The predicted molar refractivity (Wildman–Crippen MR) is 138 cm³/mol. The number of anilines is 1. The Morgan fingerprint density at radius 3 is 2.70 bits per heavy atom. The molecule has 0 saturated carbocycles. The van der Waals surface area contributed by atoms with Gasteiger partial charge in [-0.05, 0) is 49.3 Å². The van der Waals surface area contributed by atoms with E-state index in [0.717, 1.165) is 25.1 Å². The van der Waals surface area contributed by atoms with Gasteiger partial charge in [-0.2, -0.15) is 0 Å². The number of amides is 1. The van der Waals surface area contributed by atoms with Gasteiger partial charge in [0.05, 0.1) is 10.5 Å². The molecule has 2 fully saturated rings. The number of pyridine rings is 1. The van der Waals surface area contributed by atoms with Gasteiger partial charge >= 0.3 is 0 Å². The third-order valence-corrected chi connectivity index (χ3v) is 7.49. The van der Waals surface area contributed by atoms with Gasteiger partial charge in [-0.15, -0.1) is 0 Å². The summed E-state index contributed by atoms with van der Waals surface area (Å²) in [5.41, 5.74) is 1.85. The molecule has 9 heteroatoms. The minimum atomic E-state index is -0.172. The number of aromatic nitrogens is 2. The number of nitrogens with zero attached hydrogens (tertiary/aromatic N) is 4. The zero-order chi connectivity index (χ0) is 23.7. The van der Waals surface area contributed by atoms with Gasteiger partial charge in [-0.25, -0.2) is 4.98 Å². The Kier molecular flexibility index (Phi) is 7.21. The summed E-state index contributed by atoms with van der Waals surface area (Å²) >= 11 is 6.70. The summed E-state index contributed by atoms with van der Waals surface area (Å²) in [6.07, 6.45) is 5.28. The predicted octanol–water partition coefficient (Wildman–Crippen LogP) is 3.72. The first-order valence-corrected chi connectivity index (χ1v) is 12.5. The van der Waals surface area contributed by atoms with Crippen LogP contribution in [0.5, 0.6) is 0 Å². The molecule has 0 bridgehead atoms. The van der Waals surface area contributed by atoms with Crippen molar-refractivity contribution < 1.29 is 9.53 Å². The van der Waals surface area contributed by atoms with Crippen molar-refractivity contribution in [2.45, 2.75) is 33.6 Å². The van der Waals surface area contributed by atoms with Gasteiger partial charge in [0.15, 0.2) is 0 Å². The first-order chi connectivity index (χ1) is 15.8. The molecule has 0 radical (unpaired) electrons. The van der Waals surface area contributed by atoms with Crippen molar-refractivity contribution in [1.29, 1.82) is 0 Å². The Bertz CT molecular complexity index is 1170. The van der Waals surface area contributed by atoms with Crippen LogP contribution < -0.4 is 10.5 Å². The fourth-order valence-electron chi connectivity index (χ4n) is 4.69. The van der Waals surface area contributed by atoms with E-state index in [1.807, 2.05) is 19.1 Å². The van der Waals surface area contributed by atoms with E-state index in [1.165, 1.54) is 11.8 Å². The lowest BCUT2D eigenvalue weighted by molar-refractivity contribution is -0.122. The van der Waals surface area contributed by atoms with Crippen molar-refractivity contribution in [1.82, 2.24) is 14.3 Å². The van der Waals surface area contributed by atoms with Crippen LogP contribution in [-0.2, 0) is 9.53 Å². The molecule has 0 aliphatic carbocycles. The molecule has 2 unspecified atom stereocenters. The highest BCUT2D eigenvalue weighted by atomic mass is 32.2. The molecular formula is C24H30N4O3S2. The molecule has 1 amide bonds. The van der Waals surface area contributed by atoms with Crippen LogP contribution in [0, 0.1) is 18.8 Å². The summed E-state index contributed by atoms with van der Waals surface area (Å²) in [5.74, 6) is 1.48. The van der Waals surface area contributed by atoms with Crippen LogP contribution in [0.4, 0.5) is 5.82 Å². The number of carbonyl (C=O) groups excluding carboxylic acids is 1. The quantitative estimate of drug-likeness (QED) is 0.350. The average Bonchev–Trinajstić information content (AvgIpc) is 3.03. The largest absolute Gasteiger partial charge is 0.385 e. The molecule has 0 spiro atoms. The number of hydrogen-bond donors (Lipinski definition) is 0.